The number of ketones is 1. The molecule has 2 fully saturated rings. The summed E-state index contributed by atoms with van der Waals surface area (Å²) in [4.78, 5) is 12.2. The smallest absolute Gasteiger partial charge is 0.146 e. The van der Waals surface area contributed by atoms with Crippen LogP contribution in [0.25, 0.3) is 0 Å². The third-order valence-corrected chi connectivity index (χ3v) is 5.15. The second-order valence-corrected chi connectivity index (χ2v) is 6.30. The summed E-state index contributed by atoms with van der Waals surface area (Å²) >= 11 is 0. The molecule has 2 saturated carbocycles. The molecule has 0 aliphatic heterocycles. The van der Waals surface area contributed by atoms with E-state index in [0.717, 1.165) is 25.0 Å². The van der Waals surface area contributed by atoms with E-state index in [2.05, 4.69) is 19.1 Å². The first-order valence-corrected chi connectivity index (χ1v) is 8.03. The Morgan fingerprint density at radius 3 is 2.30 bits per heavy atom. The number of aryl methyl sites for hydroxylation is 1. The molecule has 0 bridgehead atoms. The molecule has 20 heavy (non-hydrogen) atoms. The topological polar surface area (TPSA) is 26.3 Å². The molecule has 3 rings (SSSR count). The predicted octanol–water partition coefficient (Wildman–Crippen LogP) is 4.31. The van der Waals surface area contributed by atoms with Gasteiger partial charge in [0.25, 0.3) is 0 Å². The maximum absolute atomic E-state index is 12.2. The van der Waals surface area contributed by atoms with E-state index in [1.165, 1.54) is 31.2 Å². The maximum atomic E-state index is 12.2. The van der Waals surface area contributed by atoms with Gasteiger partial charge < -0.3 is 4.74 Å². The van der Waals surface area contributed by atoms with Crippen LogP contribution in [-0.2, 0) is 11.2 Å². The summed E-state index contributed by atoms with van der Waals surface area (Å²) in [5.74, 6) is 1.36. The van der Waals surface area contributed by atoms with E-state index >= 15 is 0 Å². The summed E-state index contributed by atoms with van der Waals surface area (Å²) < 4.78 is 6.15. The van der Waals surface area contributed by atoms with E-state index in [-0.39, 0.29) is 11.5 Å². The SMILES string of the molecule is CCc1ccc(OC2CC(=O)C23CCCCCC3)cc1. The summed E-state index contributed by atoms with van der Waals surface area (Å²) in [5, 5.41) is 0. The lowest BCUT2D eigenvalue weighted by Gasteiger charge is -2.47. The molecule has 1 aromatic carbocycles. The van der Waals surface area contributed by atoms with Crippen molar-refractivity contribution in [3.8, 4) is 5.75 Å². The standard InChI is InChI=1S/C18H24O2/c1-2-14-7-9-15(10-8-14)20-17-13-16(19)18(17)11-5-3-4-6-12-18/h7-10,17H,2-6,11-13H2,1H3. The van der Waals surface area contributed by atoms with Crippen molar-refractivity contribution in [1.29, 1.82) is 0 Å². The molecule has 2 heteroatoms. The molecule has 2 nitrogen and oxygen atoms in total. The van der Waals surface area contributed by atoms with E-state index < -0.39 is 0 Å². The summed E-state index contributed by atoms with van der Waals surface area (Å²) in [6.45, 7) is 2.15. The highest BCUT2D eigenvalue weighted by Crippen LogP contribution is 2.49. The number of Topliss-reactive ketones (excluding diaryl/α,β-unsaturated/α-hetero) is 1. The Balaban J connectivity index is 1.71. The lowest BCUT2D eigenvalue weighted by Crippen LogP contribution is -2.56. The largest absolute Gasteiger partial charge is 0.489 e. The predicted molar refractivity (Wildman–Crippen MR) is 80.0 cm³/mol. The van der Waals surface area contributed by atoms with Gasteiger partial charge in [0.05, 0.1) is 5.41 Å². The van der Waals surface area contributed by atoms with Gasteiger partial charge in [-0.1, -0.05) is 44.7 Å². The second-order valence-electron chi connectivity index (χ2n) is 6.30. The van der Waals surface area contributed by atoms with Gasteiger partial charge in [-0.3, -0.25) is 4.79 Å². The van der Waals surface area contributed by atoms with E-state index in [0.29, 0.717) is 12.2 Å². The number of hydrogen-bond acceptors (Lipinski definition) is 2. The van der Waals surface area contributed by atoms with Crippen molar-refractivity contribution in [3.05, 3.63) is 29.8 Å². The average molecular weight is 272 g/mol. The van der Waals surface area contributed by atoms with E-state index in [1.54, 1.807) is 0 Å². The van der Waals surface area contributed by atoms with Gasteiger partial charge in [-0.15, -0.1) is 0 Å². The van der Waals surface area contributed by atoms with Crippen LogP contribution < -0.4 is 4.74 Å². The molecule has 2 aliphatic carbocycles. The zero-order valence-electron chi connectivity index (χ0n) is 12.4. The molecule has 1 atom stereocenters. The van der Waals surface area contributed by atoms with E-state index in [9.17, 15) is 4.79 Å². The van der Waals surface area contributed by atoms with Crippen LogP contribution in [0.15, 0.2) is 24.3 Å². The van der Waals surface area contributed by atoms with Gasteiger partial charge in [-0.2, -0.15) is 0 Å². The van der Waals surface area contributed by atoms with Crippen LogP contribution in [0.2, 0.25) is 0 Å². The Hall–Kier alpha value is -1.31. The first-order chi connectivity index (χ1) is 9.74. The third-order valence-electron chi connectivity index (χ3n) is 5.15. The van der Waals surface area contributed by atoms with E-state index in [4.69, 9.17) is 4.74 Å². The van der Waals surface area contributed by atoms with Crippen molar-refractivity contribution >= 4 is 5.78 Å². The van der Waals surface area contributed by atoms with Crippen LogP contribution in [-0.4, -0.2) is 11.9 Å². The fraction of sp³-hybridized carbons (Fsp3) is 0.611. The second kappa shape index (κ2) is 5.59. The molecular weight excluding hydrogens is 248 g/mol. The highest BCUT2D eigenvalue weighted by atomic mass is 16.5. The Morgan fingerprint density at radius 1 is 1.10 bits per heavy atom. The number of hydrogen-bond donors (Lipinski definition) is 0. The average Bonchev–Trinajstić information content (AvgIpc) is 2.76. The van der Waals surface area contributed by atoms with Crippen LogP contribution in [0, 0.1) is 5.41 Å². The van der Waals surface area contributed by atoms with Crippen molar-refractivity contribution < 1.29 is 9.53 Å². The highest BCUT2D eigenvalue weighted by molar-refractivity contribution is 5.92. The van der Waals surface area contributed by atoms with Crippen molar-refractivity contribution in [2.24, 2.45) is 5.41 Å². The molecular formula is C18H24O2. The Labute approximate surface area is 121 Å². The van der Waals surface area contributed by atoms with Crippen molar-refractivity contribution in [3.63, 3.8) is 0 Å². The molecule has 1 aromatic rings. The molecule has 0 radical (unpaired) electrons. The van der Waals surface area contributed by atoms with Crippen LogP contribution in [0.3, 0.4) is 0 Å². The molecule has 0 N–H and O–H groups in total. The van der Waals surface area contributed by atoms with Gasteiger partial charge in [0.15, 0.2) is 0 Å². The Bertz CT molecular complexity index is 467. The molecule has 1 spiro atoms. The molecule has 0 aromatic heterocycles. The molecule has 0 heterocycles. The first-order valence-electron chi connectivity index (χ1n) is 8.03. The number of ether oxygens (including phenoxy) is 1. The number of benzene rings is 1. The summed E-state index contributed by atoms with van der Waals surface area (Å²) in [5.41, 5.74) is 1.17. The zero-order valence-corrected chi connectivity index (χ0v) is 12.4. The monoisotopic (exact) mass is 272 g/mol. The van der Waals surface area contributed by atoms with Gasteiger partial charge >= 0.3 is 0 Å². The number of rotatable bonds is 3. The van der Waals surface area contributed by atoms with Gasteiger partial charge in [0.1, 0.15) is 17.6 Å². The minimum Gasteiger partial charge on any atom is -0.489 e. The lowest BCUT2D eigenvalue weighted by atomic mass is 9.60. The fourth-order valence-corrected chi connectivity index (χ4v) is 3.70. The van der Waals surface area contributed by atoms with Gasteiger partial charge in [-0.05, 0) is 37.0 Å². The normalized spacial score (nSPS) is 25.1. The zero-order chi connectivity index (χ0) is 14.0. The molecule has 0 amide bonds. The summed E-state index contributed by atoms with van der Waals surface area (Å²) in [7, 11) is 0. The minimum atomic E-state index is -0.153. The van der Waals surface area contributed by atoms with Crippen LogP contribution >= 0.6 is 0 Å². The van der Waals surface area contributed by atoms with Gasteiger partial charge in [0, 0.05) is 6.42 Å². The number of carbonyl (C=O) groups excluding carboxylic acids is 1. The van der Waals surface area contributed by atoms with Gasteiger partial charge in [-0.25, -0.2) is 0 Å². The molecule has 0 saturated heterocycles. The maximum Gasteiger partial charge on any atom is 0.146 e. The Morgan fingerprint density at radius 2 is 1.75 bits per heavy atom. The highest BCUT2D eigenvalue weighted by Gasteiger charge is 2.55. The molecule has 108 valence electrons. The quantitative estimate of drug-likeness (QED) is 0.819. The summed E-state index contributed by atoms with van der Waals surface area (Å²) in [6, 6.07) is 8.34. The molecule has 2 aliphatic rings. The van der Waals surface area contributed by atoms with Crippen LogP contribution in [0.1, 0.15) is 57.4 Å². The van der Waals surface area contributed by atoms with Crippen molar-refractivity contribution in [2.75, 3.05) is 0 Å². The van der Waals surface area contributed by atoms with E-state index in [1.807, 2.05) is 12.1 Å². The van der Waals surface area contributed by atoms with Crippen LogP contribution in [0.5, 0.6) is 5.75 Å². The van der Waals surface area contributed by atoms with Gasteiger partial charge in [0.2, 0.25) is 0 Å². The third kappa shape index (κ3) is 2.36. The first kappa shape index (κ1) is 13.7. The minimum absolute atomic E-state index is 0.112. The number of carbonyl (C=O) groups is 1. The summed E-state index contributed by atoms with van der Waals surface area (Å²) in [6.07, 6.45) is 8.73. The molecule has 1 unspecified atom stereocenters. The van der Waals surface area contributed by atoms with Crippen molar-refractivity contribution in [2.45, 2.75) is 64.4 Å². The lowest BCUT2D eigenvalue weighted by molar-refractivity contribution is -0.154. The van der Waals surface area contributed by atoms with Crippen molar-refractivity contribution in [1.82, 2.24) is 0 Å². The Kier molecular flexibility index (Phi) is 3.82. The fourth-order valence-electron chi connectivity index (χ4n) is 3.70. The van der Waals surface area contributed by atoms with Crippen LogP contribution in [0.4, 0.5) is 0 Å².